The van der Waals surface area contributed by atoms with Crippen molar-refractivity contribution in [2.24, 2.45) is 0 Å². The molecule has 2 N–H and O–H groups in total. The molecule has 0 saturated heterocycles. The maximum atomic E-state index is 11.7. The third kappa shape index (κ3) is 6.17. The number of nitrogens with zero attached hydrogens (tertiary/aromatic N) is 1. The minimum absolute atomic E-state index is 0.174. The number of nitrogens with one attached hydrogen (secondary N) is 2. The van der Waals surface area contributed by atoms with Crippen molar-refractivity contribution in [3.8, 4) is 0 Å². The van der Waals surface area contributed by atoms with Crippen LogP contribution < -0.4 is 10.6 Å². The predicted molar refractivity (Wildman–Crippen MR) is 76.5 cm³/mol. The van der Waals surface area contributed by atoms with Crippen LogP contribution in [0.5, 0.6) is 0 Å². The Kier molecular flexibility index (Phi) is 5.49. The molecular weight excluding hydrogens is 258 g/mol. The Morgan fingerprint density at radius 2 is 2.05 bits per heavy atom. The first-order valence-electron chi connectivity index (χ1n) is 6.45. The molecule has 1 heterocycles. The van der Waals surface area contributed by atoms with Gasteiger partial charge in [0, 0.05) is 19.2 Å². The van der Waals surface area contributed by atoms with Crippen LogP contribution in [0.15, 0.2) is 18.5 Å². The van der Waals surface area contributed by atoms with Crippen molar-refractivity contribution in [1.29, 1.82) is 0 Å². The summed E-state index contributed by atoms with van der Waals surface area (Å²) in [5.41, 5.74) is 1.07. The van der Waals surface area contributed by atoms with Crippen LogP contribution in [0, 0.1) is 6.92 Å². The molecule has 0 atom stereocenters. The van der Waals surface area contributed by atoms with Crippen molar-refractivity contribution in [3.05, 3.63) is 24.0 Å². The van der Waals surface area contributed by atoms with Gasteiger partial charge in [-0.25, -0.2) is 4.79 Å². The zero-order valence-corrected chi connectivity index (χ0v) is 12.3. The number of rotatable bonds is 4. The molecule has 6 nitrogen and oxygen atoms in total. The van der Waals surface area contributed by atoms with Crippen LogP contribution in [0.2, 0.25) is 0 Å². The molecule has 0 aliphatic carbocycles. The number of carbonyl (C=O) groups is 2. The number of anilines is 1. The lowest BCUT2D eigenvalue weighted by Gasteiger charge is -2.19. The molecule has 0 radical (unpaired) electrons. The number of aryl methyl sites for hydroxylation is 1. The fourth-order valence-corrected chi connectivity index (χ4v) is 1.40. The van der Waals surface area contributed by atoms with Gasteiger partial charge in [0.05, 0.1) is 11.9 Å². The summed E-state index contributed by atoms with van der Waals surface area (Å²) in [5.74, 6) is -0.183. The van der Waals surface area contributed by atoms with Crippen LogP contribution in [0.25, 0.3) is 0 Å². The molecule has 0 aromatic carbocycles. The molecule has 20 heavy (non-hydrogen) atoms. The van der Waals surface area contributed by atoms with Gasteiger partial charge in [0.25, 0.3) is 0 Å². The van der Waals surface area contributed by atoms with Crippen LogP contribution in [0.3, 0.4) is 0 Å². The Bertz CT molecular complexity index is 481. The van der Waals surface area contributed by atoms with Gasteiger partial charge in [-0.2, -0.15) is 0 Å². The second-order valence-electron chi connectivity index (χ2n) is 5.42. The fraction of sp³-hybridized carbons (Fsp3) is 0.500. The van der Waals surface area contributed by atoms with Gasteiger partial charge in [0.2, 0.25) is 5.91 Å². The summed E-state index contributed by atoms with van der Waals surface area (Å²) in [4.78, 5) is 27.0. The highest BCUT2D eigenvalue weighted by Gasteiger charge is 2.15. The molecule has 2 amide bonds. The van der Waals surface area contributed by atoms with Gasteiger partial charge in [-0.05, 0) is 39.3 Å². The van der Waals surface area contributed by atoms with E-state index in [1.54, 1.807) is 33.2 Å². The second-order valence-corrected chi connectivity index (χ2v) is 5.42. The highest BCUT2D eigenvalue weighted by atomic mass is 16.6. The van der Waals surface area contributed by atoms with Gasteiger partial charge in [-0.15, -0.1) is 0 Å². The number of pyridine rings is 1. The molecule has 1 aromatic rings. The summed E-state index contributed by atoms with van der Waals surface area (Å²) >= 11 is 0. The molecule has 1 aromatic heterocycles. The van der Waals surface area contributed by atoms with Crippen molar-refractivity contribution in [3.63, 3.8) is 0 Å². The normalized spacial score (nSPS) is 10.8. The molecule has 1 rings (SSSR count). The van der Waals surface area contributed by atoms with E-state index < -0.39 is 11.7 Å². The van der Waals surface area contributed by atoms with E-state index in [2.05, 4.69) is 15.6 Å². The van der Waals surface area contributed by atoms with Crippen molar-refractivity contribution in [2.45, 2.75) is 39.7 Å². The maximum Gasteiger partial charge on any atom is 0.407 e. The number of alkyl carbamates (subject to hydrolysis) is 1. The quantitative estimate of drug-likeness (QED) is 0.885. The standard InChI is InChI=1S/C14H21N3O3/c1-10-5-7-15-9-11(10)17-12(18)6-8-16-13(19)20-14(2,3)4/h5,7,9H,6,8H2,1-4H3,(H,16,19)(H,17,18). The average molecular weight is 279 g/mol. The first-order valence-corrected chi connectivity index (χ1v) is 6.45. The van der Waals surface area contributed by atoms with Gasteiger partial charge < -0.3 is 15.4 Å². The predicted octanol–water partition coefficient (Wildman–Crippen LogP) is 2.24. The first-order chi connectivity index (χ1) is 9.28. The van der Waals surface area contributed by atoms with Gasteiger partial charge in [0.1, 0.15) is 5.60 Å². The van der Waals surface area contributed by atoms with Crippen molar-refractivity contribution in [2.75, 3.05) is 11.9 Å². The number of amides is 2. The van der Waals surface area contributed by atoms with E-state index in [1.165, 1.54) is 0 Å². The van der Waals surface area contributed by atoms with Gasteiger partial charge in [-0.1, -0.05) is 0 Å². The smallest absolute Gasteiger partial charge is 0.407 e. The Morgan fingerprint density at radius 3 is 2.65 bits per heavy atom. The van der Waals surface area contributed by atoms with E-state index in [9.17, 15) is 9.59 Å². The molecule has 0 fully saturated rings. The fourth-order valence-electron chi connectivity index (χ4n) is 1.40. The summed E-state index contributed by atoms with van der Waals surface area (Å²) in [6.07, 6.45) is 2.90. The minimum Gasteiger partial charge on any atom is -0.444 e. The van der Waals surface area contributed by atoms with E-state index in [4.69, 9.17) is 4.74 Å². The van der Waals surface area contributed by atoms with Crippen molar-refractivity contribution >= 4 is 17.7 Å². The number of hydrogen-bond acceptors (Lipinski definition) is 4. The van der Waals surface area contributed by atoms with Gasteiger partial charge >= 0.3 is 6.09 Å². The Hall–Kier alpha value is -2.11. The molecule has 0 aliphatic heterocycles. The number of hydrogen-bond donors (Lipinski definition) is 2. The lowest BCUT2D eigenvalue weighted by atomic mass is 10.2. The van der Waals surface area contributed by atoms with Crippen LogP contribution in [0.1, 0.15) is 32.8 Å². The number of carbonyl (C=O) groups excluding carboxylic acids is 2. The molecule has 0 bridgehead atoms. The highest BCUT2D eigenvalue weighted by molar-refractivity contribution is 5.91. The van der Waals surface area contributed by atoms with Crippen LogP contribution >= 0.6 is 0 Å². The summed E-state index contributed by atoms with van der Waals surface area (Å²) in [5, 5.41) is 5.27. The summed E-state index contributed by atoms with van der Waals surface area (Å²) < 4.78 is 5.07. The summed E-state index contributed by atoms with van der Waals surface area (Å²) in [6, 6.07) is 1.81. The van der Waals surface area contributed by atoms with Crippen LogP contribution in [-0.4, -0.2) is 29.1 Å². The van der Waals surface area contributed by atoms with Crippen LogP contribution in [0.4, 0.5) is 10.5 Å². The topological polar surface area (TPSA) is 80.3 Å². The zero-order valence-electron chi connectivity index (χ0n) is 12.3. The number of aromatic nitrogens is 1. The molecule has 110 valence electrons. The molecule has 0 saturated carbocycles. The highest BCUT2D eigenvalue weighted by Crippen LogP contribution is 2.11. The molecular formula is C14H21N3O3. The third-order valence-corrected chi connectivity index (χ3v) is 2.33. The Balaban J connectivity index is 2.31. The Labute approximate surface area is 118 Å². The largest absolute Gasteiger partial charge is 0.444 e. The number of ether oxygens (including phenoxy) is 1. The Morgan fingerprint density at radius 1 is 1.35 bits per heavy atom. The van der Waals surface area contributed by atoms with E-state index in [0.29, 0.717) is 5.69 Å². The molecule has 0 unspecified atom stereocenters. The maximum absolute atomic E-state index is 11.7. The zero-order chi connectivity index (χ0) is 15.2. The van der Waals surface area contributed by atoms with Gasteiger partial charge in [-0.3, -0.25) is 9.78 Å². The van der Waals surface area contributed by atoms with E-state index in [0.717, 1.165) is 5.56 Å². The molecule has 6 heteroatoms. The van der Waals surface area contributed by atoms with E-state index in [-0.39, 0.29) is 18.9 Å². The SMILES string of the molecule is Cc1ccncc1NC(=O)CCNC(=O)OC(C)(C)C. The van der Waals surface area contributed by atoms with Crippen molar-refractivity contribution < 1.29 is 14.3 Å². The first kappa shape index (κ1) is 15.9. The lowest BCUT2D eigenvalue weighted by Crippen LogP contribution is -2.34. The summed E-state index contributed by atoms with van der Waals surface area (Å²) in [7, 11) is 0. The lowest BCUT2D eigenvalue weighted by molar-refractivity contribution is -0.116. The third-order valence-electron chi connectivity index (χ3n) is 2.33. The van der Waals surface area contributed by atoms with Gasteiger partial charge in [0.15, 0.2) is 0 Å². The average Bonchev–Trinajstić information content (AvgIpc) is 2.29. The van der Waals surface area contributed by atoms with E-state index in [1.807, 2.05) is 13.0 Å². The molecule has 0 spiro atoms. The van der Waals surface area contributed by atoms with Crippen molar-refractivity contribution in [1.82, 2.24) is 10.3 Å². The molecule has 0 aliphatic rings. The minimum atomic E-state index is -0.542. The van der Waals surface area contributed by atoms with Crippen LogP contribution in [-0.2, 0) is 9.53 Å². The summed E-state index contributed by atoms with van der Waals surface area (Å²) in [6.45, 7) is 7.45. The monoisotopic (exact) mass is 279 g/mol. The second kappa shape index (κ2) is 6.88. The van der Waals surface area contributed by atoms with E-state index >= 15 is 0 Å².